The van der Waals surface area contributed by atoms with Crippen molar-refractivity contribution in [1.82, 2.24) is 4.90 Å². The van der Waals surface area contributed by atoms with E-state index in [0.717, 1.165) is 11.7 Å². The Morgan fingerprint density at radius 3 is 2.73 bits per heavy atom. The molecule has 0 saturated heterocycles. The van der Waals surface area contributed by atoms with Gasteiger partial charge in [0.1, 0.15) is 0 Å². The Hall–Kier alpha value is -0.910. The highest BCUT2D eigenvalue weighted by Gasteiger charge is 2.26. The number of benzene rings is 1. The second kappa shape index (κ2) is 7.57. The predicted octanol–water partition coefficient (Wildman–Crippen LogP) is 4.97. The monoisotopic (exact) mass is 359 g/mol. The molecular weight excluding hydrogens is 341 g/mol. The summed E-state index contributed by atoms with van der Waals surface area (Å²) in [5.74, 6) is 0.346. The summed E-state index contributed by atoms with van der Waals surface area (Å²) in [5, 5.41) is 4.91. The maximum Gasteiger partial charge on any atom is 0.327 e. The van der Waals surface area contributed by atoms with Crippen molar-refractivity contribution in [3.05, 3.63) is 28.2 Å². The highest BCUT2D eigenvalue weighted by Crippen LogP contribution is 2.27. The number of urea groups is 1. The molecular formula is C15H19Cl2N3OS. The summed E-state index contributed by atoms with van der Waals surface area (Å²) >= 11 is 13.5. The number of nitrogens with one attached hydrogen (secondary N) is 1. The number of amides is 2. The Morgan fingerprint density at radius 1 is 1.45 bits per heavy atom. The Kier molecular flexibility index (Phi) is 6.01. The molecule has 0 aliphatic carbocycles. The number of hydrogen-bond acceptors (Lipinski definition) is 3. The largest absolute Gasteiger partial charge is 0.327 e. The number of halogens is 2. The number of thioether (sulfide) groups is 1. The van der Waals surface area contributed by atoms with E-state index >= 15 is 0 Å². The Balaban J connectivity index is 2.13. The molecule has 7 heteroatoms. The van der Waals surface area contributed by atoms with Crippen LogP contribution in [0.4, 0.5) is 10.5 Å². The standard InChI is InChI=1S/C15H19Cl2N3OS/c1-9(2)8-20(15-18-7-10(3)22-15)14(21)19-11-4-5-12(16)13(17)6-11/h4-6,9-10H,7-8H2,1-3H3,(H,19,21)/t10-/m0/s1. The maximum absolute atomic E-state index is 12.6. The number of aliphatic imine (C=N–C) groups is 1. The highest BCUT2D eigenvalue weighted by atomic mass is 35.5. The van der Waals surface area contributed by atoms with E-state index in [1.54, 1.807) is 34.9 Å². The lowest BCUT2D eigenvalue weighted by Crippen LogP contribution is -2.40. The molecule has 4 nitrogen and oxygen atoms in total. The van der Waals surface area contributed by atoms with E-state index in [9.17, 15) is 4.79 Å². The van der Waals surface area contributed by atoms with E-state index < -0.39 is 0 Å². The van der Waals surface area contributed by atoms with Gasteiger partial charge in [-0.25, -0.2) is 4.79 Å². The third kappa shape index (κ3) is 4.54. The summed E-state index contributed by atoms with van der Waals surface area (Å²) in [6, 6.07) is 4.83. The van der Waals surface area contributed by atoms with Gasteiger partial charge in [0.25, 0.3) is 0 Å². The van der Waals surface area contributed by atoms with E-state index in [2.05, 4.69) is 31.1 Å². The molecule has 1 aromatic carbocycles. The number of hydrogen-bond donors (Lipinski definition) is 1. The highest BCUT2D eigenvalue weighted by molar-refractivity contribution is 8.14. The molecule has 0 unspecified atom stereocenters. The van der Waals surface area contributed by atoms with Crippen molar-refractivity contribution in [3.63, 3.8) is 0 Å². The topological polar surface area (TPSA) is 44.7 Å². The molecule has 2 rings (SSSR count). The summed E-state index contributed by atoms with van der Waals surface area (Å²) in [5.41, 5.74) is 0.616. The van der Waals surface area contributed by atoms with Gasteiger partial charge in [0.2, 0.25) is 0 Å². The van der Waals surface area contributed by atoms with E-state index in [-0.39, 0.29) is 6.03 Å². The number of nitrogens with zero attached hydrogens (tertiary/aromatic N) is 2. The smallest absolute Gasteiger partial charge is 0.307 e. The SMILES string of the molecule is CC(C)CN(C(=O)Nc1ccc(Cl)c(Cl)c1)C1=NC[C@H](C)S1. The third-order valence-electron chi connectivity index (χ3n) is 2.98. The van der Waals surface area contributed by atoms with Gasteiger partial charge in [-0.05, 0) is 24.1 Å². The number of carbonyl (C=O) groups is 1. The fourth-order valence-electron chi connectivity index (χ4n) is 1.99. The summed E-state index contributed by atoms with van der Waals surface area (Å²) < 4.78 is 0. The quantitative estimate of drug-likeness (QED) is 0.827. The van der Waals surface area contributed by atoms with Crippen LogP contribution in [-0.4, -0.2) is 34.4 Å². The lowest BCUT2D eigenvalue weighted by atomic mass is 10.2. The molecule has 0 aromatic heterocycles. The summed E-state index contributed by atoms with van der Waals surface area (Å²) in [6.07, 6.45) is 0. The van der Waals surface area contributed by atoms with Crippen molar-refractivity contribution in [2.24, 2.45) is 10.9 Å². The molecule has 1 aliphatic rings. The normalized spacial score (nSPS) is 17.5. The molecule has 1 aromatic rings. The van der Waals surface area contributed by atoms with E-state index in [4.69, 9.17) is 23.2 Å². The molecule has 1 aliphatic heterocycles. The Morgan fingerprint density at radius 2 is 2.18 bits per heavy atom. The molecule has 0 radical (unpaired) electrons. The molecule has 0 saturated carbocycles. The lowest BCUT2D eigenvalue weighted by Gasteiger charge is -2.24. The van der Waals surface area contributed by atoms with Crippen molar-refractivity contribution in [2.75, 3.05) is 18.4 Å². The molecule has 120 valence electrons. The van der Waals surface area contributed by atoms with Crippen molar-refractivity contribution in [3.8, 4) is 0 Å². The van der Waals surface area contributed by atoms with E-state index in [1.807, 2.05) is 0 Å². The van der Waals surface area contributed by atoms with Gasteiger partial charge in [0.05, 0.1) is 16.6 Å². The van der Waals surface area contributed by atoms with Gasteiger partial charge < -0.3 is 5.32 Å². The van der Waals surface area contributed by atoms with Crippen LogP contribution >= 0.6 is 35.0 Å². The number of anilines is 1. The first-order chi connectivity index (χ1) is 10.4. The number of carbonyl (C=O) groups excluding carboxylic acids is 1. The number of rotatable bonds is 3. The predicted molar refractivity (Wildman–Crippen MR) is 96.4 cm³/mol. The van der Waals surface area contributed by atoms with Crippen LogP contribution in [0.5, 0.6) is 0 Å². The molecule has 1 atom stereocenters. The van der Waals surface area contributed by atoms with E-state index in [1.165, 1.54) is 0 Å². The van der Waals surface area contributed by atoms with Crippen LogP contribution in [0, 0.1) is 5.92 Å². The molecule has 1 heterocycles. The van der Waals surface area contributed by atoms with Crippen molar-refractivity contribution in [2.45, 2.75) is 26.0 Å². The van der Waals surface area contributed by atoms with Gasteiger partial charge in [0.15, 0.2) is 5.17 Å². The first-order valence-corrected chi connectivity index (χ1v) is 8.75. The summed E-state index contributed by atoms with van der Waals surface area (Å²) in [7, 11) is 0. The van der Waals surface area contributed by atoms with Crippen LogP contribution in [-0.2, 0) is 0 Å². The van der Waals surface area contributed by atoms with Crippen LogP contribution < -0.4 is 5.32 Å². The molecule has 1 N–H and O–H groups in total. The van der Waals surface area contributed by atoms with Gasteiger partial charge in [-0.15, -0.1) is 0 Å². The van der Waals surface area contributed by atoms with Crippen LogP contribution in [0.2, 0.25) is 10.0 Å². The average molecular weight is 360 g/mol. The zero-order valence-corrected chi connectivity index (χ0v) is 15.1. The van der Waals surface area contributed by atoms with Gasteiger partial charge in [-0.3, -0.25) is 9.89 Å². The van der Waals surface area contributed by atoms with Gasteiger partial charge in [-0.2, -0.15) is 0 Å². The van der Waals surface area contributed by atoms with Crippen LogP contribution in [0.1, 0.15) is 20.8 Å². The second-order valence-corrected chi connectivity index (χ2v) is 7.84. The fourth-order valence-corrected chi connectivity index (χ4v) is 3.23. The molecule has 22 heavy (non-hydrogen) atoms. The molecule has 0 spiro atoms. The minimum Gasteiger partial charge on any atom is -0.307 e. The van der Waals surface area contributed by atoms with Crippen molar-refractivity contribution >= 4 is 51.8 Å². The lowest BCUT2D eigenvalue weighted by molar-refractivity contribution is 0.230. The third-order valence-corrected chi connectivity index (χ3v) is 4.84. The molecule has 0 bridgehead atoms. The first kappa shape index (κ1) is 17.4. The summed E-state index contributed by atoms with van der Waals surface area (Å²) in [4.78, 5) is 18.7. The Labute approximate surface area is 145 Å². The minimum atomic E-state index is -0.201. The summed E-state index contributed by atoms with van der Waals surface area (Å²) in [6.45, 7) is 7.61. The van der Waals surface area contributed by atoms with E-state index in [0.29, 0.717) is 33.4 Å². The minimum absolute atomic E-state index is 0.201. The zero-order chi connectivity index (χ0) is 16.3. The maximum atomic E-state index is 12.6. The van der Waals surface area contributed by atoms with Crippen LogP contribution in [0.3, 0.4) is 0 Å². The second-order valence-electron chi connectivity index (χ2n) is 5.62. The van der Waals surface area contributed by atoms with Crippen molar-refractivity contribution < 1.29 is 4.79 Å². The van der Waals surface area contributed by atoms with Gasteiger partial charge in [-0.1, -0.05) is 55.7 Å². The van der Waals surface area contributed by atoms with Crippen molar-refractivity contribution in [1.29, 1.82) is 0 Å². The fraction of sp³-hybridized carbons (Fsp3) is 0.467. The van der Waals surface area contributed by atoms with Crippen LogP contribution in [0.25, 0.3) is 0 Å². The average Bonchev–Trinajstić information content (AvgIpc) is 2.86. The van der Waals surface area contributed by atoms with Gasteiger partial charge >= 0.3 is 6.03 Å². The Bertz CT molecular complexity index is 592. The zero-order valence-electron chi connectivity index (χ0n) is 12.8. The first-order valence-electron chi connectivity index (χ1n) is 7.11. The molecule has 2 amide bonds. The number of amidine groups is 1. The van der Waals surface area contributed by atoms with Gasteiger partial charge in [0, 0.05) is 17.5 Å². The molecule has 0 fully saturated rings. The van der Waals surface area contributed by atoms with Crippen LogP contribution in [0.15, 0.2) is 23.2 Å².